The number of unbranched alkanes of at least 4 members (excludes halogenated alkanes) is 1. The van der Waals surface area contributed by atoms with Crippen LogP contribution in [0.15, 0.2) is 40.8 Å². The number of aromatic nitrogens is 2. The molecule has 0 fully saturated rings. The van der Waals surface area contributed by atoms with E-state index in [9.17, 15) is 9.59 Å². The average molecular weight is 367 g/mol. The monoisotopic (exact) mass is 367 g/mol. The van der Waals surface area contributed by atoms with E-state index in [4.69, 9.17) is 10.00 Å². The van der Waals surface area contributed by atoms with Crippen LogP contribution >= 0.6 is 11.3 Å². The smallest absolute Gasteiger partial charge is 0.339 e. The zero-order valence-electron chi connectivity index (χ0n) is 14.3. The number of esters is 1. The summed E-state index contributed by atoms with van der Waals surface area (Å²) in [5, 5.41) is 10.9. The van der Waals surface area contributed by atoms with Crippen molar-refractivity contribution in [3.05, 3.63) is 63.0 Å². The summed E-state index contributed by atoms with van der Waals surface area (Å²) in [6.45, 7) is 2.62. The molecule has 0 saturated heterocycles. The number of nitrogens with zero attached hydrogens (tertiary/aromatic N) is 3. The van der Waals surface area contributed by atoms with Gasteiger partial charge in [0.2, 0.25) is 0 Å². The van der Waals surface area contributed by atoms with Crippen LogP contribution in [-0.4, -0.2) is 22.1 Å². The summed E-state index contributed by atoms with van der Waals surface area (Å²) in [6, 6.07) is 9.12. The Kier molecular flexibility index (Phi) is 5.44. The lowest BCUT2D eigenvalue weighted by atomic mass is 10.1. The Morgan fingerprint density at radius 3 is 3.04 bits per heavy atom. The molecule has 2 heterocycles. The van der Waals surface area contributed by atoms with E-state index < -0.39 is 5.97 Å². The molecule has 2 aromatic heterocycles. The number of fused-ring (bicyclic) bond motifs is 1. The van der Waals surface area contributed by atoms with E-state index >= 15 is 0 Å². The number of rotatable bonds is 6. The molecule has 1 aromatic carbocycles. The first-order valence-corrected chi connectivity index (χ1v) is 9.14. The summed E-state index contributed by atoms with van der Waals surface area (Å²) >= 11 is 1.25. The van der Waals surface area contributed by atoms with Gasteiger partial charge in [-0.25, -0.2) is 9.78 Å². The Labute approximate surface area is 154 Å². The van der Waals surface area contributed by atoms with Gasteiger partial charge in [0.05, 0.1) is 42.1 Å². The normalized spacial score (nSPS) is 10.6. The molecule has 3 aromatic rings. The van der Waals surface area contributed by atoms with Crippen LogP contribution in [0.3, 0.4) is 0 Å². The Hall–Kier alpha value is -2.98. The van der Waals surface area contributed by atoms with Crippen molar-refractivity contribution in [1.29, 1.82) is 5.26 Å². The predicted molar refractivity (Wildman–Crippen MR) is 99.3 cm³/mol. The van der Waals surface area contributed by atoms with Crippen molar-refractivity contribution in [3.63, 3.8) is 0 Å². The summed E-state index contributed by atoms with van der Waals surface area (Å²) in [4.78, 5) is 29.9. The molecule has 0 radical (unpaired) electrons. The van der Waals surface area contributed by atoms with E-state index in [1.54, 1.807) is 23.6 Å². The molecule has 0 unspecified atom stereocenters. The first-order chi connectivity index (χ1) is 12.6. The zero-order chi connectivity index (χ0) is 18.5. The highest BCUT2D eigenvalue weighted by Crippen LogP contribution is 2.22. The topological polar surface area (TPSA) is 85.0 Å². The number of carbonyl (C=O) groups is 1. The van der Waals surface area contributed by atoms with Gasteiger partial charge in [-0.05, 0) is 24.1 Å². The maximum absolute atomic E-state index is 12.9. The second-order valence-electron chi connectivity index (χ2n) is 5.81. The Morgan fingerprint density at radius 2 is 2.27 bits per heavy atom. The molecule has 0 spiro atoms. The van der Waals surface area contributed by atoms with Crippen LogP contribution in [0, 0.1) is 11.3 Å². The number of thiophene rings is 1. The minimum atomic E-state index is -0.493. The van der Waals surface area contributed by atoms with Crippen LogP contribution in [0.2, 0.25) is 0 Å². The second kappa shape index (κ2) is 7.93. The molecule has 0 bridgehead atoms. The third-order valence-corrected chi connectivity index (χ3v) is 4.81. The highest BCUT2D eigenvalue weighted by Gasteiger charge is 2.18. The van der Waals surface area contributed by atoms with Gasteiger partial charge in [-0.3, -0.25) is 9.36 Å². The maximum Gasteiger partial charge on any atom is 0.339 e. The van der Waals surface area contributed by atoms with E-state index in [1.807, 2.05) is 13.0 Å². The van der Waals surface area contributed by atoms with Crippen LogP contribution < -0.4 is 5.56 Å². The van der Waals surface area contributed by atoms with E-state index in [0.717, 1.165) is 18.4 Å². The number of benzene rings is 1. The molecule has 6 nitrogen and oxygen atoms in total. The number of carbonyl (C=O) groups excluding carboxylic acids is 1. The van der Waals surface area contributed by atoms with Crippen molar-refractivity contribution in [1.82, 2.24) is 9.55 Å². The van der Waals surface area contributed by atoms with Crippen molar-refractivity contribution < 1.29 is 9.53 Å². The van der Waals surface area contributed by atoms with Crippen LogP contribution in [0.5, 0.6) is 0 Å². The van der Waals surface area contributed by atoms with E-state index in [-0.39, 0.29) is 23.1 Å². The number of ether oxygens (including phenoxy) is 1. The van der Waals surface area contributed by atoms with Gasteiger partial charge in [0.1, 0.15) is 4.83 Å². The molecule has 0 amide bonds. The van der Waals surface area contributed by atoms with Gasteiger partial charge >= 0.3 is 5.97 Å². The second-order valence-corrected chi connectivity index (χ2v) is 6.67. The number of hydrogen-bond acceptors (Lipinski definition) is 6. The van der Waals surface area contributed by atoms with Crippen LogP contribution in [0.4, 0.5) is 0 Å². The summed E-state index contributed by atoms with van der Waals surface area (Å²) in [5.74, 6) is -0.493. The van der Waals surface area contributed by atoms with Crippen molar-refractivity contribution in [2.45, 2.75) is 26.3 Å². The highest BCUT2D eigenvalue weighted by molar-refractivity contribution is 7.17. The molecule has 7 heteroatoms. The molecule has 0 N–H and O–H groups in total. The fourth-order valence-electron chi connectivity index (χ4n) is 2.55. The third kappa shape index (κ3) is 3.65. The Morgan fingerprint density at radius 1 is 1.42 bits per heavy atom. The van der Waals surface area contributed by atoms with Crippen LogP contribution in [0.1, 0.15) is 41.3 Å². The average Bonchev–Trinajstić information content (AvgIpc) is 3.09. The lowest BCUT2D eigenvalue weighted by Gasteiger charge is -2.07. The summed E-state index contributed by atoms with van der Waals surface area (Å²) in [7, 11) is 0. The van der Waals surface area contributed by atoms with E-state index in [2.05, 4.69) is 11.1 Å². The number of hydrogen-bond donors (Lipinski definition) is 0. The van der Waals surface area contributed by atoms with Gasteiger partial charge in [-0.1, -0.05) is 25.5 Å². The van der Waals surface area contributed by atoms with E-state index in [0.29, 0.717) is 17.0 Å². The lowest BCUT2D eigenvalue weighted by Crippen LogP contribution is -2.22. The van der Waals surface area contributed by atoms with Gasteiger partial charge in [0, 0.05) is 5.38 Å². The molecule has 0 saturated carbocycles. The summed E-state index contributed by atoms with van der Waals surface area (Å²) < 4.78 is 6.67. The molecule has 132 valence electrons. The minimum Gasteiger partial charge on any atom is -0.462 e. The van der Waals surface area contributed by atoms with Crippen molar-refractivity contribution in [2.75, 3.05) is 6.61 Å². The van der Waals surface area contributed by atoms with Gasteiger partial charge in [-0.2, -0.15) is 5.26 Å². The van der Waals surface area contributed by atoms with Gasteiger partial charge in [-0.15, -0.1) is 11.3 Å². The standard InChI is InChI=1S/C19H17N3O3S/c1-2-3-7-25-19(24)15-11-26-17-16(15)18(23)22(12-21-17)10-14-6-4-5-13(8-14)9-20/h4-6,8,11-12H,2-3,7,10H2,1H3. The minimum absolute atomic E-state index is 0.263. The fraction of sp³-hybridized carbons (Fsp3) is 0.263. The maximum atomic E-state index is 12.9. The lowest BCUT2D eigenvalue weighted by molar-refractivity contribution is 0.0502. The van der Waals surface area contributed by atoms with Gasteiger partial charge in [0.15, 0.2) is 0 Å². The Bertz CT molecular complexity index is 1050. The summed E-state index contributed by atoms with van der Waals surface area (Å²) in [6.07, 6.45) is 3.17. The van der Waals surface area contributed by atoms with Crippen molar-refractivity contribution in [3.8, 4) is 6.07 Å². The fourth-order valence-corrected chi connectivity index (χ4v) is 3.42. The molecule has 0 aliphatic carbocycles. The third-order valence-electron chi connectivity index (χ3n) is 3.92. The molecule has 3 rings (SSSR count). The van der Waals surface area contributed by atoms with Crippen LogP contribution in [-0.2, 0) is 11.3 Å². The number of nitriles is 1. The first-order valence-electron chi connectivity index (χ1n) is 8.27. The van der Waals surface area contributed by atoms with Crippen LogP contribution in [0.25, 0.3) is 10.2 Å². The molecule has 0 aliphatic heterocycles. The molecule has 0 aliphatic rings. The Balaban J connectivity index is 1.94. The molecular weight excluding hydrogens is 350 g/mol. The molecule has 0 atom stereocenters. The van der Waals surface area contributed by atoms with Gasteiger partial charge in [0.25, 0.3) is 5.56 Å². The first kappa shape index (κ1) is 17.8. The quantitative estimate of drug-likeness (QED) is 0.493. The molecule has 26 heavy (non-hydrogen) atoms. The predicted octanol–water partition coefficient (Wildman–Crippen LogP) is 3.33. The largest absolute Gasteiger partial charge is 0.462 e. The van der Waals surface area contributed by atoms with Crippen molar-refractivity contribution >= 4 is 27.5 Å². The van der Waals surface area contributed by atoms with Crippen molar-refractivity contribution in [2.24, 2.45) is 0 Å². The van der Waals surface area contributed by atoms with E-state index in [1.165, 1.54) is 22.2 Å². The zero-order valence-corrected chi connectivity index (χ0v) is 15.1. The highest BCUT2D eigenvalue weighted by atomic mass is 32.1. The molecular formula is C19H17N3O3S. The SMILES string of the molecule is CCCCOC(=O)c1csc2ncn(Cc3cccc(C#N)c3)c(=O)c12. The van der Waals surface area contributed by atoms with Gasteiger partial charge < -0.3 is 4.74 Å². The summed E-state index contributed by atoms with van der Waals surface area (Å²) in [5.41, 5.74) is 1.31.